The molecule has 4 nitrogen and oxygen atoms in total. The molecule has 1 amide bonds. The van der Waals surface area contributed by atoms with Crippen LogP contribution in [0.25, 0.3) is 0 Å². The van der Waals surface area contributed by atoms with Crippen molar-refractivity contribution < 1.29 is 9.53 Å². The SMILES string of the molecule is O=C(COc1ccc(Cl)cc1)NCC1CNC1. The molecule has 0 bridgehead atoms. The standard InChI is InChI=1S/C12H15ClN2O2/c13-10-1-3-11(4-2-10)17-8-12(16)15-7-9-5-14-6-9/h1-4,9,14H,5-8H2,(H,15,16). The van der Waals surface area contributed by atoms with Gasteiger partial charge in [0.25, 0.3) is 5.91 Å². The van der Waals surface area contributed by atoms with Gasteiger partial charge in [0.15, 0.2) is 6.61 Å². The summed E-state index contributed by atoms with van der Waals surface area (Å²) in [6, 6.07) is 6.95. The molecule has 0 atom stereocenters. The smallest absolute Gasteiger partial charge is 0.257 e. The number of halogens is 1. The molecule has 2 rings (SSSR count). The van der Waals surface area contributed by atoms with Gasteiger partial charge >= 0.3 is 0 Å². The Morgan fingerprint density at radius 1 is 1.41 bits per heavy atom. The normalized spacial score (nSPS) is 15.1. The van der Waals surface area contributed by atoms with Gasteiger partial charge in [-0.1, -0.05) is 11.6 Å². The molecule has 0 aliphatic carbocycles. The second-order valence-corrected chi connectivity index (χ2v) is 4.51. The third kappa shape index (κ3) is 3.91. The largest absolute Gasteiger partial charge is 0.484 e. The minimum absolute atomic E-state index is 0.0434. The van der Waals surface area contributed by atoms with Crippen molar-refractivity contribution in [3.63, 3.8) is 0 Å². The molecule has 2 N–H and O–H groups in total. The fourth-order valence-corrected chi connectivity index (χ4v) is 1.61. The lowest BCUT2D eigenvalue weighted by atomic mass is 10.0. The van der Waals surface area contributed by atoms with E-state index in [0.29, 0.717) is 16.7 Å². The highest BCUT2D eigenvalue weighted by atomic mass is 35.5. The van der Waals surface area contributed by atoms with Crippen LogP contribution in [0.4, 0.5) is 0 Å². The van der Waals surface area contributed by atoms with E-state index < -0.39 is 0 Å². The van der Waals surface area contributed by atoms with Gasteiger partial charge in [0.2, 0.25) is 0 Å². The Balaban J connectivity index is 1.66. The highest BCUT2D eigenvalue weighted by Gasteiger charge is 2.17. The second-order valence-electron chi connectivity index (χ2n) is 4.07. The summed E-state index contributed by atoms with van der Waals surface area (Å²) in [5.74, 6) is 1.12. The fourth-order valence-electron chi connectivity index (χ4n) is 1.48. The van der Waals surface area contributed by atoms with Gasteiger partial charge in [-0.15, -0.1) is 0 Å². The molecule has 5 heteroatoms. The Bertz CT molecular complexity index is 377. The molecule has 1 fully saturated rings. The van der Waals surface area contributed by atoms with Gasteiger partial charge in [-0.25, -0.2) is 0 Å². The number of amides is 1. The average Bonchev–Trinajstić information content (AvgIpc) is 2.26. The summed E-state index contributed by atoms with van der Waals surface area (Å²) in [7, 11) is 0. The number of carbonyl (C=O) groups is 1. The molecule has 1 aliphatic heterocycles. The minimum Gasteiger partial charge on any atom is -0.484 e. The molecule has 0 unspecified atom stereocenters. The number of carbonyl (C=O) groups excluding carboxylic acids is 1. The first kappa shape index (κ1) is 12.2. The van der Waals surface area contributed by atoms with Crippen LogP contribution < -0.4 is 15.4 Å². The Kier molecular flexibility index (Phi) is 4.23. The first-order valence-corrected chi connectivity index (χ1v) is 5.97. The maximum absolute atomic E-state index is 11.4. The Labute approximate surface area is 105 Å². The van der Waals surface area contributed by atoms with E-state index in [2.05, 4.69) is 10.6 Å². The molecule has 1 saturated heterocycles. The monoisotopic (exact) mass is 254 g/mol. The summed E-state index contributed by atoms with van der Waals surface area (Å²) >= 11 is 5.74. The minimum atomic E-state index is -0.0909. The summed E-state index contributed by atoms with van der Waals surface area (Å²) in [6.45, 7) is 2.73. The van der Waals surface area contributed by atoms with Crippen LogP contribution in [0, 0.1) is 5.92 Å². The van der Waals surface area contributed by atoms with E-state index in [1.54, 1.807) is 24.3 Å². The average molecular weight is 255 g/mol. The van der Waals surface area contributed by atoms with Crippen LogP contribution in [0.2, 0.25) is 5.02 Å². The van der Waals surface area contributed by atoms with Gasteiger partial charge in [-0.2, -0.15) is 0 Å². The third-order valence-electron chi connectivity index (χ3n) is 2.64. The van der Waals surface area contributed by atoms with Gasteiger partial charge in [0.1, 0.15) is 5.75 Å². The summed E-state index contributed by atoms with van der Waals surface area (Å²) in [4.78, 5) is 11.4. The van der Waals surface area contributed by atoms with Gasteiger partial charge < -0.3 is 15.4 Å². The lowest BCUT2D eigenvalue weighted by molar-refractivity contribution is -0.123. The second kappa shape index (κ2) is 5.89. The van der Waals surface area contributed by atoms with Crippen molar-refractivity contribution in [2.75, 3.05) is 26.2 Å². The number of benzene rings is 1. The fraction of sp³-hybridized carbons (Fsp3) is 0.417. The molecular weight excluding hydrogens is 240 g/mol. The molecule has 17 heavy (non-hydrogen) atoms. The predicted octanol–water partition coefficient (Wildman–Crippen LogP) is 1.05. The molecule has 1 heterocycles. The first-order chi connectivity index (χ1) is 8.24. The van der Waals surface area contributed by atoms with E-state index >= 15 is 0 Å². The van der Waals surface area contributed by atoms with Crippen molar-refractivity contribution in [2.24, 2.45) is 5.92 Å². The zero-order valence-electron chi connectivity index (χ0n) is 9.41. The first-order valence-electron chi connectivity index (χ1n) is 5.60. The Hall–Kier alpha value is -1.26. The van der Waals surface area contributed by atoms with Gasteiger partial charge in [0, 0.05) is 30.6 Å². The van der Waals surface area contributed by atoms with Crippen LogP contribution in [0.5, 0.6) is 5.75 Å². The molecule has 0 spiro atoms. The maximum atomic E-state index is 11.4. The van der Waals surface area contributed by atoms with E-state index in [1.807, 2.05) is 0 Å². The lowest BCUT2D eigenvalue weighted by Gasteiger charge is -2.27. The van der Waals surface area contributed by atoms with E-state index in [0.717, 1.165) is 19.6 Å². The molecule has 0 saturated carbocycles. The summed E-state index contributed by atoms with van der Waals surface area (Å²) in [5, 5.41) is 6.64. The zero-order valence-corrected chi connectivity index (χ0v) is 10.2. The van der Waals surface area contributed by atoms with Crippen molar-refractivity contribution in [2.45, 2.75) is 0 Å². The van der Waals surface area contributed by atoms with Gasteiger partial charge in [-0.05, 0) is 24.3 Å². The van der Waals surface area contributed by atoms with Crippen molar-refractivity contribution in [3.8, 4) is 5.75 Å². The van der Waals surface area contributed by atoms with E-state index in [1.165, 1.54) is 0 Å². The topological polar surface area (TPSA) is 50.4 Å². The number of ether oxygens (including phenoxy) is 1. The molecule has 1 aliphatic rings. The quantitative estimate of drug-likeness (QED) is 0.826. The predicted molar refractivity (Wildman–Crippen MR) is 66.3 cm³/mol. The van der Waals surface area contributed by atoms with Gasteiger partial charge in [-0.3, -0.25) is 4.79 Å². The molecule has 0 aromatic heterocycles. The summed E-state index contributed by atoms with van der Waals surface area (Å²) in [6.07, 6.45) is 0. The molecule has 92 valence electrons. The number of hydrogen-bond donors (Lipinski definition) is 2. The summed E-state index contributed by atoms with van der Waals surface area (Å²) < 4.78 is 5.32. The van der Waals surface area contributed by atoms with Crippen molar-refractivity contribution >= 4 is 17.5 Å². The molecular formula is C12H15ClN2O2. The van der Waals surface area contributed by atoms with E-state index in [9.17, 15) is 4.79 Å². The Morgan fingerprint density at radius 2 is 2.12 bits per heavy atom. The maximum Gasteiger partial charge on any atom is 0.257 e. The molecule has 1 aromatic rings. The van der Waals surface area contributed by atoms with Crippen LogP contribution in [0.15, 0.2) is 24.3 Å². The van der Waals surface area contributed by atoms with Crippen LogP contribution >= 0.6 is 11.6 Å². The highest BCUT2D eigenvalue weighted by molar-refractivity contribution is 6.30. The number of nitrogens with one attached hydrogen (secondary N) is 2. The van der Waals surface area contributed by atoms with E-state index in [-0.39, 0.29) is 12.5 Å². The third-order valence-corrected chi connectivity index (χ3v) is 2.89. The van der Waals surface area contributed by atoms with Crippen LogP contribution in [-0.2, 0) is 4.79 Å². The van der Waals surface area contributed by atoms with Crippen LogP contribution in [0.3, 0.4) is 0 Å². The van der Waals surface area contributed by atoms with Crippen molar-refractivity contribution in [1.82, 2.24) is 10.6 Å². The number of hydrogen-bond acceptors (Lipinski definition) is 3. The molecule has 1 aromatic carbocycles. The van der Waals surface area contributed by atoms with Crippen LogP contribution in [-0.4, -0.2) is 32.1 Å². The highest BCUT2D eigenvalue weighted by Crippen LogP contribution is 2.15. The Morgan fingerprint density at radius 3 is 2.71 bits per heavy atom. The molecule has 0 radical (unpaired) electrons. The van der Waals surface area contributed by atoms with Crippen molar-refractivity contribution in [1.29, 1.82) is 0 Å². The van der Waals surface area contributed by atoms with Crippen molar-refractivity contribution in [3.05, 3.63) is 29.3 Å². The zero-order chi connectivity index (χ0) is 12.1. The summed E-state index contributed by atoms with van der Waals surface area (Å²) in [5.41, 5.74) is 0. The van der Waals surface area contributed by atoms with Crippen LogP contribution in [0.1, 0.15) is 0 Å². The lowest BCUT2D eigenvalue weighted by Crippen LogP contribution is -2.48. The number of rotatable bonds is 5. The van der Waals surface area contributed by atoms with Gasteiger partial charge in [0.05, 0.1) is 0 Å². The van der Waals surface area contributed by atoms with E-state index in [4.69, 9.17) is 16.3 Å².